The van der Waals surface area contributed by atoms with Crippen molar-refractivity contribution in [3.8, 4) is 0 Å². The Morgan fingerprint density at radius 2 is 1.68 bits per heavy atom. The lowest BCUT2D eigenvalue weighted by molar-refractivity contribution is -0.137. The third-order valence-corrected chi connectivity index (χ3v) is 4.90. The first-order valence-electron chi connectivity index (χ1n) is 9.37. The number of pyridine rings is 1. The number of hydrogen-bond acceptors (Lipinski definition) is 4. The Bertz CT molecular complexity index is 1370. The fourth-order valence-corrected chi connectivity index (χ4v) is 3.42. The number of anilines is 1. The van der Waals surface area contributed by atoms with E-state index in [-0.39, 0.29) is 35.4 Å². The minimum atomic E-state index is -4.61. The van der Waals surface area contributed by atoms with Crippen LogP contribution in [0.5, 0.6) is 0 Å². The molecule has 0 radical (unpaired) electrons. The highest BCUT2D eigenvalue weighted by molar-refractivity contribution is 6.11. The Morgan fingerprint density at radius 1 is 1.03 bits per heavy atom. The highest BCUT2D eigenvalue weighted by atomic mass is 19.4. The van der Waals surface area contributed by atoms with E-state index in [1.165, 1.54) is 17.7 Å². The number of rotatable bonds is 4. The van der Waals surface area contributed by atoms with Gasteiger partial charge >= 0.3 is 11.9 Å². The van der Waals surface area contributed by atoms with E-state index >= 15 is 0 Å². The molecule has 2 heterocycles. The van der Waals surface area contributed by atoms with Gasteiger partial charge < -0.3 is 5.32 Å². The molecule has 1 aromatic carbocycles. The first-order chi connectivity index (χ1) is 14.5. The van der Waals surface area contributed by atoms with Gasteiger partial charge in [0.05, 0.1) is 16.5 Å². The van der Waals surface area contributed by atoms with Gasteiger partial charge in [-0.25, -0.2) is 4.79 Å². The van der Waals surface area contributed by atoms with Gasteiger partial charge in [-0.15, -0.1) is 0 Å². The molecular weight excluding hydrogens is 417 g/mol. The lowest BCUT2D eigenvalue weighted by Crippen LogP contribution is -2.42. The van der Waals surface area contributed by atoms with Crippen molar-refractivity contribution in [3.05, 3.63) is 72.7 Å². The Labute approximate surface area is 173 Å². The quantitative estimate of drug-likeness (QED) is 0.678. The average molecular weight is 436 g/mol. The number of nitrogens with zero attached hydrogens (tertiary/aromatic N) is 3. The van der Waals surface area contributed by atoms with Crippen molar-refractivity contribution in [2.24, 2.45) is 7.05 Å². The molecule has 0 saturated heterocycles. The largest absolute Gasteiger partial charge is 0.416 e. The zero-order chi connectivity index (χ0) is 23.1. The Balaban J connectivity index is 2.27. The second kappa shape index (κ2) is 7.89. The predicted molar refractivity (Wildman–Crippen MR) is 108 cm³/mol. The van der Waals surface area contributed by atoms with E-state index in [4.69, 9.17) is 0 Å². The smallest absolute Gasteiger partial charge is 0.322 e. The fourth-order valence-electron chi connectivity index (χ4n) is 3.42. The molecule has 0 aliphatic rings. The number of fused-ring (bicyclic) bond motifs is 1. The summed E-state index contributed by atoms with van der Waals surface area (Å²) in [5, 5.41) is 2.13. The van der Waals surface area contributed by atoms with E-state index in [1.54, 1.807) is 13.8 Å². The predicted octanol–water partition coefficient (Wildman–Crippen LogP) is 2.17. The molecular formula is C20H19F3N4O4. The van der Waals surface area contributed by atoms with E-state index in [9.17, 15) is 32.3 Å². The Morgan fingerprint density at radius 3 is 2.26 bits per heavy atom. The Kier molecular flexibility index (Phi) is 5.62. The number of carbonyl (C=O) groups is 1. The lowest BCUT2D eigenvalue weighted by atomic mass is 10.1. The van der Waals surface area contributed by atoms with E-state index < -0.39 is 34.5 Å². The Hall–Kier alpha value is -3.63. The van der Waals surface area contributed by atoms with Crippen molar-refractivity contribution in [2.75, 3.05) is 5.32 Å². The average Bonchev–Trinajstić information content (AvgIpc) is 2.71. The first-order valence-corrected chi connectivity index (χ1v) is 9.37. The maximum Gasteiger partial charge on any atom is 0.416 e. The number of alkyl halides is 3. The van der Waals surface area contributed by atoms with Gasteiger partial charge in [-0.3, -0.25) is 28.1 Å². The van der Waals surface area contributed by atoms with E-state index in [0.29, 0.717) is 0 Å². The van der Waals surface area contributed by atoms with E-state index in [2.05, 4.69) is 5.32 Å². The van der Waals surface area contributed by atoms with Crippen molar-refractivity contribution >= 4 is 22.6 Å². The number of aromatic nitrogens is 3. The number of halogens is 3. The molecule has 0 aliphatic carbocycles. The van der Waals surface area contributed by atoms with Gasteiger partial charge in [0.1, 0.15) is 5.65 Å². The minimum Gasteiger partial charge on any atom is -0.322 e. The van der Waals surface area contributed by atoms with Gasteiger partial charge in [0.15, 0.2) is 0 Å². The summed E-state index contributed by atoms with van der Waals surface area (Å²) in [5.41, 5.74) is -3.55. The summed E-state index contributed by atoms with van der Waals surface area (Å²) in [6, 6.07) is 4.92. The monoisotopic (exact) mass is 436 g/mol. The van der Waals surface area contributed by atoms with Crippen LogP contribution in [-0.4, -0.2) is 19.6 Å². The molecule has 0 atom stereocenters. The van der Waals surface area contributed by atoms with Crippen LogP contribution in [0.2, 0.25) is 0 Å². The first kappa shape index (κ1) is 22.1. The SMILES string of the molecule is CCn1c(=O)c2c(C(=O)Nc3cccc(C(F)(F)F)c3)cc(=O)n(CC)c2n(C)c1=O. The number of hydrogen-bond donors (Lipinski definition) is 1. The van der Waals surface area contributed by atoms with E-state index in [0.717, 1.165) is 33.4 Å². The number of aryl methyl sites for hydroxylation is 2. The number of amides is 1. The van der Waals surface area contributed by atoms with Gasteiger partial charge in [-0.1, -0.05) is 6.07 Å². The molecule has 0 unspecified atom stereocenters. The van der Waals surface area contributed by atoms with Crippen LogP contribution >= 0.6 is 0 Å². The maximum atomic E-state index is 13.0. The summed E-state index contributed by atoms with van der Waals surface area (Å²) in [5.74, 6) is -0.942. The molecule has 11 heteroatoms. The molecule has 164 valence electrons. The van der Waals surface area contributed by atoms with Crippen LogP contribution < -0.4 is 22.1 Å². The molecule has 0 fully saturated rings. The normalized spacial score (nSPS) is 11.7. The summed E-state index contributed by atoms with van der Waals surface area (Å²) in [6.07, 6.45) is -4.61. The number of carbonyl (C=O) groups excluding carboxylic acids is 1. The zero-order valence-corrected chi connectivity index (χ0v) is 16.9. The summed E-state index contributed by atoms with van der Waals surface area (Å²) in [4.78, 5) is 51.0. The topological polar surface area (TPSA) is 95.1 Å². The van der Waals surface area contributed by atoms with Gasteiger partial charge in [-0.05, 0) is 32.0 Å². The molecule has 0 aliphatic heterocycles. The van der Waals surface area contributed by atoms with Crippen LogP contribution in [0.1, 0.15) is 29.8 Å². The molecule has 31 heavy (non-hydrogen) atoms. The van der Waals surface area contributed by atoms with Crippen molar-refractivity contribution in [1.29, 1.82) is 0 Å². The van der Waals surface area contributed by atoms with Crippen LogP contribution in [-0.2, 0) is 26.3 Å². The number of benzene rings is 1. The molecule has 8 nitrogen and oxygen atoms in total. The van der Waals surface area contributed by atoms with Gasteiger partial charge in [0, 0.05) is 31.9 Å². The summed E-state index contributed by atoms with van der Waals surface area (Å²) < 4.78 is 42.1. The summed E-state index contributed by atoms with van der Waals surface area (Å²) in [7, 11) is 1.37. The zero-order valence-electron chi connectivity index (χ0n) is 16.9. The molecule has 1 N–H and O–H groups in total. The van der Waals surface area contributed by atoms with Crippen LogP contribution in [0.25, 0.3) is 11.0 Å². The van der Waals surface area contributed by atoms with Gasteiger partial charge in [-0.2, -0.15) is 13.2 Å². The van der Waals surface area contributed by atoms with Crippen molar-refractivity contribution in [1.82, 2.24) is 13.7 Å². The number of nitrogens with one attached hydrogen (secondary N) is 1. The molecule has 0 bridgehead atoms. The summed E-state index contributed by atoms with van der Waals surface area (Å²) >= 11 is 0. The van der Waals surface area contributed by atoms with E-state index in [1.807, 2.05) is 0 Å². The standard InChI is InChI=1S/C20H19F3N4O4/c1-4-26-14(28)10-13(15-17(26)25(3)19(31)27(5-2)18(15)30)16(29)24-12-8-6-7-11(9-12)20(21,22)23/h6-10H,4-5H2,1-3H3,(H,24,29). The van der Waals surface area contributed by atoms with Crippen molar-refractivity contribution in [2.45, 2.75) is 33.1 Å². The molecule has 3 rings (SSSR count). The molecule has 0 saturated carbocycles. The molecule has 2 aromatic heterocycles. The molecule has 3 aromatic rings. The minimum absolute atomic E-state index is 0.0292. The third kappa shape index (κ3) is 3.78. The highest BCUT2D eigenvalue weighted by Crippen LogP contribution is 2.30. The van der Waals surface area contributed by atoms with Crippen LogP contribution in [0, 0.1) is 0 Å². The maximum absolute atomic E-state index is 13.0. The van der Waals surface area contributed by atoms with Crippen LogP contribution in [0.4, 0.5) is 18.9 Å². The van der Waals surface area contributed by atoms with Crippen molar-refractivity contribution < 1.29 is 18.0 Å². The van der Waals surface area contributed by atoms with Gasteiger partial charge in [0.2, 0.25) is 0 Å². The molecule has 1 amide bonds. The fraction of sp³-hybridized carbons (Fsp3) is 0.300. The van der Waals surface area contributed by atoms with Crippen LogP contribution in [0.15, 0.2) is 44.7 Å². The lowest BCUT2D eigenvalue weighted by Gasteiger charge is -2.16. The second-order valence-corrected chi connectivity index (χ2v) is 6.76. The summed E-state index contributed by atoms with van der Waals surface area (Å²) in [6.45, 7) is 3.38. The third-order valence-electron chi connectivity index (χ3n) is 4.90. The molecule has 0 spiro atoms. The van der Waals surface area contributed by atoms with Crippen molar-refractivity contribution in [3.63, 3.8) is 0 Å². The second-order valence-electron chi connectivity index (χ2n) is 6.76. The van der Waals surface area contributed by atoms with Gasteiger partial charge in [0.25, 0.3) is 17.0 Å². The highest BCUT2D eigenvalue weighted by Gasteiger charge is 2.30. The van der Waals surface area contributed by atoms with Crippen LogP contribution in [0.3, 0.4) is 0 Å².